The normalized spacial score (nSPS) is 13.2. The summed E-state index contributed by atoms with van der Waals surface area (Å²) < 4.78 is 30.3. The molecule has 0 amide bonds. The maximum atomic E-state index is 12.9. The van der Waals surface area contributed by atoms with Crippen molar-refractivity contribution in [3.05, 3.63) is 91.3 Å². The van der Waals surface area contributed by atoms with Crippen LogP contribution in [0.1, 0.15) is 34.6 Å². The number of hydrogen-bond donors (Lipinski definition) is 1. The molecule has 0 fully saturated rings. The van der Waals surface area contributed by atoms with Gasteiger partial charge < -0.3 is 0 Å². The van der Waals surface area contributed by atoms with Crippen LogP contribution in [0.3, 0.4) is 0 Å². The van der Waals surface area contributed by atoms with E-state index in [0.29, 0.717) is 16.7 Å². The maximum Gasteiger partial charge on any atom is 0.241 e. The van der Waals surface area contributed by atoms with Crippen LogP contribution in [-0.2, 0) is 29.5 Å². The summed E-state index contributed by atoms with van der Waals surface area (Å²) in [6.07, 6.45) is 0.838. The Morgan fingerprint density at radius 3 is 2.54 bits per heavy atom. The van der Waals surface area contributed by atoms with Gasteiger partial charge in [-0.2, -0.15) is 0 Å². The second-order valence-corrected chi connectivity index (χ2v) is 11.8. The first-order valence-corrected chi connectivity index (χ1v) is 14.0. The van der Waals surface area contributed by atoms with Gasteiger partial charge in [0.15, 0.2) is 11.6 Å². The van der Waals surface area contributed by atoms with Crippen molar-refractivity contribution in [3.63, 3.8) is 0 Å². The van der Waals surface area contributed by atoms with Gasteiger partial charge in [0, 0.05) is 21.0 Å². The molecule has 4 aromatic rings. The van der Waals surface area contributed by atoms with Gasteiger partial charge in [-0.3, -0.25) is 9.56 Å². The lowest BCUT2D eigenvalue weighted by Gasteiger charge is -2.11. The molecule has 180 valence electrons. The van der Waals surface area contributed by atoms with Gasteiger partial charge in [-0.1, -0.05) is 59.9 Å². The zero-order valence-electron chi connectivity index (χ0n) is 18.3. The first-order chi connectivity index (χ1) is 16.8. The lowest BCUT2D eigenvalue weighted by atomic mass is 10.0. The highest BCUT2D eigenvalue weighted by atomic mass is 35.5. The minimum atomic E-state index is -3.86. The molecule has 3 heterocycles. The number of aliphatic imine (C=N–C) groups is 1. The number of rotatable bonds is 6. The summed E-state index contributed by atoms with van der Waals surface area (Å²) in [5.74, 6) is 1.06. The molecule has 0 radical (unpaired) electrons. The molecule has 0 unspecified atom stereocenters. The Morgan fingerprint density at radius 2 is 1.80 bits per heavy atom. The summed E-state index contributed by atoms with van der Waals surface area (Å²) >= 11 is 20.0. The molecule has 0 spiro atoms. The molecule has 0 atom stereocenters. The molecule has 0 aliphatic carbocycles. The van der Waals surface area contributed by atoms with E-state index < -0.39 is 10.0 Å². The van der Waals surface area contributed by atoms with Crippen molar-refractivity contribution in [2.24, 2.45) is 4.99 Å². The van der Waals surface area contributed by atoms with Crippen molar-refractivity contribution in [2.75, 3.05) is 0 Å². The van der Waals surface area contributed by atoms with Crippen LogP contribution in [0.15, 0.2) is 58.4 Å². The van der Waals surface area contributed by atoms with Crippen LogP contribution in [-0.4, -0.2) is 28.9 Å². The lowest BCUT2D eigenvalue weighted by Crippen LogP contribution is -2.25. The molecule has 0 saturated heterocycles. The van der Waals surface area contributed by atoms with Gasteiger partial charge in [-0.05, 0) is 36.8 Å². The number of benzene rings is 2. The Bertz CT molecular complexity index is 1580. The molecule has 1 aliphatic rings. The molecule has 7 nitrogen and oxygen atoms in total. The topological polar surface area (TPSA) is 89.2 Å². The Morgan fingerprint density at radius 1 is 1.00 bits per heavy atom. The number of sulfonamides is 1. The summed E-state index contributed by atoms with van der Waals surface area (Å²) in [4.78, 5) is 5.98. The summed E-state index contributed by atoms with van der Waals surface area (Å²) in [6.45, 7) is 2.28. The Kier molecular flexibility index (Phi) is 6.73. The molecule has 5 rings (SSSR count). The molecule has 2 aromatic heterocycles. The fourth-order valence-corrected chi connectivity index (χ4v) is 6.48. The van der Waals surface area contributed by atoms with Gasteiger partial charge in [0.1, 0.15) is 11.5 Å². The summed E-state index contributed by atoms with van der Waals surface area (Å²) in [5, 5.41) is 10.5. The average Bonchev–Trinajstić information content (AvgIpc) is 3.41. The monoisotopic (exact) mass is 565 g/mol. The van der Waals surface area contributed by atoms with Crippen LogP contribution in [0.2, 0.25) is 15.1 Å². The molecule has 0 bridgehead atoms. The molecule has 12 heteroatoms. The lowest BCUT2D eigenvalue weighted by molar-refractivity contribution is 0.578. The van der Waals surface area contributed by atoms with E-state index in [1.165, 1.54) is 18.2 Å². The third-order valence-electron chi connectivity index (χ3n) is 5.50. The van der Waals surface area contributed by atoms with Gasteiger partial charge in [0.2, 0.25) is 10.0 Å². The number of thiophene rings is 1. The van der Waals surface area contributed by atoms with Crippen molar-refractivity contribution < 1.29 is 8.42 Å². The van der Waals surface area contributed by atoms with Crippen LogP contribution >= 0.6 is 46.1 Å². The highest BCUT2D eigenvalue weighted by molar-refractivity contribution is 7.89. The maximum absolute atomic E-state index is 12.9. The fourth-order valence-electron chi connectivity index (χ4n) is 3.75. The van der Waals surface area contributed by atoms with Gasteiger partial charge in [0.25, 0.3) is 0 Å². The van der Waals surface area contributed by atoms with Crippen LogP contribution in [0.4, 0.5) is 0 Å². The number of hydrogen-bond acceptors (Lipinski definition) is 6. The highest BCUT2D eigenvalue weighted by Crippen LogP contribution is 2.35. The summed E-state index contributed by atoms with van der Waals surface area (Å²) in [6, 6.07) is 13.8. The molecule has 35 heavy (non-hydrogen) atoms. The smallest absolute Gasteiger partial charge is 0.241 e. The predicted molar refractivity (Wildman–Crippen MR) is 140 cm³/mol. The van der Waals surface area contributed by atoms with Gasteiger partial charge in [-0.25, -0.2) is 13.1 Å². The molecule has 1 N–H and O–H groups in total. The molecule has 1 aliphatic heterocycles. The number of nitrogens with one attached hydrogen (secondary N) is 1. The number of halogens is 3. The van der Waals surface area contributed by atoms with E-state index in [2.05, 4.69) is 27.9 Å². The van der Waals surface area contributed by atoms with E-state index in [9.17, 15) is 8.42 Å². The van der Waals surface area contributed by atoms with Crippen LogP contribution < -0.4 is 4.72 Å². The van der Waals surface area contributed by atoms with Crippen molar-refractivity contribution in [1.82, 2.24) is 19.5 Å². The molecule has 2 aromatic carbocycles. The van der Waals surface area contributed by atoms with E-state index in [-0.39, 0.29) is 28.0 Å². The van der Waals surface area contributed by atoms with Crippen molar-refractivity contribution in [1.29, 1.82) is 0 Å². The van der Waals surface area contributed by atoms with E-state index in [4.69, 9.17) is 39.8 Å². The zero-order valence-corrected chi connectivity index (χ0v) is 22.2. The summed E-state index contributed by atoms with van der Waals surface area (Å²) in [7, 11) is -3.86. The van der Waals surface area contributed by atoms with Crippen molar-refractivity contribution in [3.8, 4) is 5.00 Å². The second kappa shape index (κ2) is 9.65. The van der Waals surface area contributed by atoms with Gasteiger partial charge in [0.05, 0.1) is 27.2 Å². The number of aryl methyl sites for hydroxylation is 1. The van der Waals surface area contributed by atoms with Crippen LogP contribution in [0.25, 0.3) is 5.00 Å². The molecular formula is C23H18Cl3N5O2S2. The first-order valence-electron chi connectivity index (χ1n) is 10.6. The Labute approximate surface area is 221 Å². The molecule has 0 saturated carbocycles. The van der Waals surface area contributed by atoms with Crippen LogP contribution in [0, 0.1) is 0 Å². The number of fused-ring (bicyclic) bond motifs is 3. The van der Waals surface area contributed by atoms with Gasteiger partial charge >= 0.3 is 0 Å². The van der Waals surface area contributed by atoms with E-state index in [0.717, 1.165) is 33.1 Å². The van der Waals surface area contributed by atoms with E-state index in [1.54, 1.807) is 11.3 Å². The SMILES string of the molecule is CCc1cc2c(s1)-n1c(nnc1CNS(=O)(=O)c1ccc(Cl)c(Cl)c1)CN=C2c1ccccc1Cl. The standard InChI is InChI=1S/C23H18Cl3N5O2S2/c1-2-13-9-16-22(15-5-3-4-6-17(15)24)27-11-20-29-30-21(31(20)23(16)34-13)12-28-35(32,33)14-7-8-18(25)19(26)10-14/h3-10,28H,2,11-12H2,1H3. The average molecular weight is 567 g/mol. The highest BCUT2D eigenvalue weighted by Gasteiger charge is 2.27. The largest absolute Gasteiger partial charge is 0.276 e. The van der Waals surface area contributed by atoms with Crippen molar-refractivity contribution >= 4 is 61.9 Å². The van der Waals surface area contributed by atoms with Crippen LogP contribution in [0.5, 0.6) is 0 Å². The number of nitrogens with zero attached hydrogens (tertiary/aromatic N) is 4. The minimum absolute atomic E-state index is 0.0110. The quantitative estimate of drug-likeness (QED) is 0.325. The first kappa shape index (κ1) is 24.4. The molecular weight excluding hydrogens is 549 g/mol. The summed E-state index contributed by atoms with van der Waals surface area (Å²) in [5.41, 5.74) is 2.51. The van der Waals surface area contributed by atoms with Crippen molar-refractivity contribution in [2.45, 2.75) is 31.3 Å². The third kappa shape index (κ3) is 4.64. The van der Waals surface area contributed by atoms with E-state index >= 15 is 0 Å². The second-order valence-electron chi connectivity index (χ2n) is 7.70. The minimum Gasteiger partial charge on any atom is -0.276 e. The Hall–Kier alpha value is -2.27. The number of aromatic nitrogens is 3. The van der Waals surface area contributed by atoms with E-state index in [1.807, 2.05) is 28.8 Å². The fraction of sp³-hybridized carbons (Fsp3) is 0.174. The predicted octanol–water partition coefficient (Wildman–Crippen LogP) is 5.68. The third-order valence-corrected chi connectivity index (χ3v) is 9.23. The van der Waals surface area contributed by atoms with Gasteiger partial charge in [-0.15, -0.1) is 21.5 Å². The Balaban J connectivity index is 1.53. The zero-order chi connectivity index (χ0) is 24.7.